The van der Waals surface area contributed by atoms with E-state index in [4.69, 9.17) is 0 Å². The van der Waals surface area contributed by atoms with Gasteiger partial charge in [-0.2, -0.15) is 4.39 Å². The fourth-order valence-corrected chi connectivity index (χ4v) is 4.92. The van der Waals surface area contributed by atoms with E-state index in [9.17, 15) is 23.2 Å². The van der Waals surface area contributed by atoms with Crippen LogP contribution in [-0.4, -0.2) is 50.0 Å². The molecule has 38 heavy (non-hydrogen) atoms. The lowest BCUT2D eigenvalue weighted by atomic mass is 10.0. The molecule has 198 valence electrons. The molecule has 8 nitrogen and oxygen atoms in total. The molecular weight excluding hydrogens is 492 g/mol. The normalized spacial score (nSPS) is 19.8. The molecule has 0 spiro atoms. The second-order valence-corrected chi connectivity index (χ2v) is 9.82. The average Bonchev–Trinajstić information content (AvgIpc) is 3.68. The molecule has 3 unspecified atom stereocenters. The Morgan fingerprint density at radius 2 is 1.92 bits per heavy atom. The van der Waals surface area contributed by atoms with Crippen molar-refractivity contribution in [2.24, 2.45) is 0 Å². The van der Waals surface area contributed by atoms with Gasteiger partial charge in [-0.05, 0) is 37.3 Å². The molecule has 1 N–H and O–H groups in total. The number of nitrogens with one attached hydrogen (secondary N) is 1. The molecule has 1 saturated heterocycles. The highest BCUT2D eigenvalue weighted by Crippen LogP contribution is 2.41. The lowest BCUT2D eigenvalue weighted by Gasteiger charge is -2.26. The zero-order chi connectivity index (χ0) is 26.8. The first kappa shape index (κ1) is 25.7. The van der Waals surface area contributed by atoms with Crippen LogP contribution in [0.25, 0.3) is 0 Å². The summed E-state index contributed by atoms with van der Waals surface area (Å²) in [5, 5.41) is 2.89. The van der Waals surface area contributed by atoms with Gasteiger partial charge in [0.15, 0.2) is 0 Å². The lowest BCUT2D eigenvalue weighted by molar-refractivity contribution is -0.138. The fourth-order valence-electron chi connectivity index (χ4n) is 4.92. The number of hydrogen-bond donors (Lipinski definition) is 1. The highest BCUT2D eigenvalue weighted by atomic mass is 19.1. The van der Waals surface area contributed by atoms with Crippen LogP contribution in [0.4, 0.5) is 8.78 Å². The summed E-state index contributed by atoms with van der Waals surface area (Å²) in [5.41, 5.74) is 1.65. The standard InChI is InChI=1S/C28H29F2N5O3/c1-2-34-16-20(31-14-25(34)37)13-24(36)35-15-19(29)12-23(35)28(38)33-26(18-6-4-3-5-7-18)22-11-10-21(17-8-9-17)27(30)32-22/h3-7,10-11,14,16-17,19,23,26H,2,8-9,12-13,15H2,1H3,(H,33,38). The van der Waals surface area contributed by atoms with Crippen molar-refractivity contribution < 1.29 is 18.4 Å². The van der Waals surface area contributed by atoms with Crippen molar-refractivity contribution in [2.45, 2.75) is 63.3 Å². The smallest absolute Gasteiger partial charge is 0.268 e. The first-order chi connectivity index (χ1) is 18.3. The number of aryl methyl sites for hydroxylation is 1. The predicted molar refractivity (Wildman–Crippen MR) is 135 cm³/mol. The van der Waals surface area contributed by atoms with Crippen molar-refractivity contribution in [3.8, 4) is 0 Å². The average molecular weight is 522 g/mol. The number of rotatable bonds is 8. The predicted octanol–water partition coefficient (Wildman–Crippen LogP) is 3.06. The minimum Gasteiger partial charge on any atom is -0.342 e. The molecule has 3 atom stereocenters. The van der Waals surface area contributed by atoms with Gasteiger partial charge in [-0.1, -0.05) is 36.4 Å². The summed E-state index contributed by atoms with van der Waals surface area (Å²) < 4.78 is 30.8. The number of pyridine rings is 1. The number of benzene rings is 1. The van der Waals surface area contributed by atoms with E-state index in [1.807, 2.05) is 6.07 Å². The zero-order valence-electron chi connectivity index (χ0n) is 21.0. The first-order valence-electron chi connectivity index (χ1n) is 12.8. The maximum Gasteiger partial charge on any atom is 0.268 e. The molecular formula is C28H29F2N5O3. The van der Waals surface area contributed by atoms with E-state index in [-0.39, 0.29) is 30.9 Å². The Hall–Kier alpha value is -3.95. The van der Waals surface area contributed by atoms with E-state index in [2.05, 4.69) is 15.3 Å². The Bertz CT molecular complexity index is 1390. The molecule has 2 aliphatic rings. The molecule has 10 heteroatoms. The number of aromatic nitrogens is 3. The van der Waals surface area contributed by atoms with Crippen LogP contribution in [0.2, 0.25) is 0 Å². The van der Waals surface area contributed by atoms with Crippen LogP contribution >= 0.6 is 0 Å². The summed E-state index contributed by atoms with van der Waals surface area (Å²) >= 11 is 0. The van der Waals surface area contributed by atoms with Gasteiger partial charge < -0.3 is 14.8 Å². The van der Waals surface area contributed by atoms with Gasteiger partial charge in [-0.3, -0.25) is 19.4 Å². The molecule has 3 aromatic rings. The van der Waals surface area contributed by atoms with E-state index in [1.165, 1.54) is 15.7 Å². The van der Waals surface area contributed by atoms with Gasteiger partial charge in [-0.25, -0.2) is 9.37 Å². The van der Waals surface area contributed by atoms with E-state index < -0.39 is 36.0 Å². The quantitative estimate of drug-likeness (QED) is 0.460. The van der Waals surface area contributed by atoms with Crippen LogP contribution in [0.1, 0.15) is 60.7 Å². The number of halogens is 2. The Labute approximate surface area is 218 Å². The number of alkyl halides is 1. The Balaban J connectivity index is 1.37. The molecule has 5 rings (SSSR count). The molecule has 2 amide bonds. The third-order valence-electron chi connectivity index (χ3n) is 7.11. The molecule has 0 radical (unpaired) electrons. The van der Waals surface area contributed by atoms with Crippen LogP contribution in [-0.2, 0) is 22.6 Å². The fraction of sp³-hybridized carbons (Fsp3) is 0.393. The maximum atomic E-state index is 14.8. The molecule has 3 heterocycles. The summed E-state index contributed by atoms with van der Waals surface area (Å²) in [6.07, 6.45) is 2.82. The molecule has 2 fully saturated rings. The van der Waals surface area contributed by atoms with E-state index in [0.717, 1.165) is 19.0 Å². The summed E-state index contributed by atoms with van der Waals surface area (Å²) in [7, 11) is 0. The van der Waals surface area contributed by atoms with Crippen LogP contribution in [0.5, 0.6) is 0 Å². The molecule has 1 aliphatic heterocycles. The zero-order valence-corrected chi connectivity index (χ0v) is 21.0. The van der Waals surface area contributed by atoms with Gasteiger partial charge in [0.25, 0.3) is 5.56 Å². The highest BCUT2D eigenvalue weighted by Gasteiger charge is 2.40. The second-order valence-electron chi connectivity index (χ2n) is 9.82. The third-order valence-corrected chi connectivity index (χ3v) is 7.11. The number of amides is 2. The topological polar surface area (TPSA) is 97.2 Å². The van der Waals surface area contributed by atoms with E-state index >= 15 is 0 Å². The molecule has 1 aromatic carbocycles. The molecule has 0 bridgehead atoms. The van der Waals surface area contributed by atoms with Crippen molar-refractivity contribution in [1.82, 2.24) is 24.8 Å². The van der Waals surface area contributed by atoms with Crippen molar-refractivity contribution in [1.29, 1.82) is 0 Å². The summed E-state index contributed by atoms with van der Waals surface area (Å²) in [6.45, 7) is 2.00. The van der Waals surface area contributed by atoms with Gasteiger partial charge in [0, 0.05) is 24.7 Å². The first-order valence-corrected chi connectivity index (χ1v) is 12.8. The molecule has 1 aliphatic carbocycles. The van der Waals surface area contributed by atoms with Gasteiger partial charge in [0.1, 0.15) is 12.2 Å². The van der Waals surface area contributed by atoms with Gasteiger partial charge in [0.05, 0.1) is 36.6 Å². The monoisotopic (exact) mass is 521 g/mol. The third kappa shape index (κ3) is 5.49. The number of nitrogens with zero attached hydrogens (tertiary/aromatic N) is 4. The van der Waals surface area contributed by atoms with Crippen LogP contribution < -0.4 is 10.9 Å². The van der Waals surface area contributed by atoms with Crippen LogP contribution in [0.15, 0.2) is 59.7 Å². The summed E-state index contributed by atoms with van der Waals surface area (Å²) in [6, 6.07) is 10.6. The Morgan fingerprint density at radius 3 is 2.61 bits per heavy atom. The van der Waals surface area contributed by atoms with E-state index in [1.54, 1.807) is 43.3 Å². The van der Waals surface area contributed by atoms with Crippen molar-refractivity contribution >= 4 is 11.8 Å². The van der Waals surface area contributed by atoms with Gasteiger partial charge in [0.2, 0.25) is 17.8 Å². The minimum atomic E-state index is -1.36. The van der Waals surface area contributed by atoms with Crippen molar-refractivity contribution in [2.75, 3.05) is 6.54 Å². The Morgan fingerprint density at radius 1 is 1.16 bits per heavy atom. The SMILES string of the molecule is CCn1cc(CC(=O)N2CC(F)CC2C(=O)NC(c2ccccc2)c2ccc(C3CC3)c(F)n2)ncc1=O. The van der Waals surface area contributed by atoms with E-state index in [0.29, 0.717) is 29.1 Å². The Kier molecular flexibility index (Phi) is 7.31. The molecule has 1 saturated carbocycles. The number of carbonyl (C=O) groups is 2. The van der Waals surface area contributed by atoms with Crippen molar-refractivity contribution in [3.63, 3.8) is 0 Å². The van der Waals surface area contributed by atoms with Gasteiger partial charge >= 0.3 is 0 Å². The summed E-state index contributed by atoms with van der Waals surface area (Å²) in [5.74, 6) is -1.38. The second kappa shape index (κ2) is 10.8. The minimum absolute atomic E-state index is 0.149. The number of carbonyl (C=O) groups excluding carboxylic acids is 2. The van der Waals surface area contributed by atoms with Gasteiger partial charge in [-0.15, -0.1) is 0 Å². The lowest BCUT2D eigenvalue weighted by Crippen LogP contribution is -2.47. The van der Waals surface area contributed by atoms with Crippen molar-refractivity contribution in [3.05, 3.63) is 93.7 Å². The maximum absolute atomic E-state index is 14.8. The summed E-state index contributed by atoms with van der Waals surface area (Å²) in [4.78, 5) is 47.8. The van der Waals surface area contributed by atoms with Crippen LogP contribution in [0, 0.1) is 5.95 Å². The highest BCUT2D eigenvalue weighted by molar-refractivity contribution is 5.89. The number of likely N-dealkylation sites (tertiary alicyclic amines) is 1. The number of hydrogen-bond acceptors (Lipinski definition) is 5. The largest absolute Gasteiger partial charge is 0.342 e. The van der Waals surface area contributed by atoms with Crippen LogP contribution in [0.3, 0.4) is 0 Å². The molecule has 2 aromatic heterocycles.